The van der Waals surface area contributed by atoms with E-state index in [1.54, 1.807) is 6.08 Å². The van der Waals surface area contributed by atoms with Crippen molar-refractivity contribution in [2.45, 2.75) is 71.9 Å². The maximum atomic E-state index is 10.5. The lowest BCUT2D eigenvalue weighted by Gasteiger charge is -2.17. The normalized spacial score (nSPS) is 12.0. The van der Waals surface area contributed by atoms with Crippen molar-refractivity contribution < 1.29 is 9.53 Å². The number of carbonyl (C=O) groups is 1. The summed E-state index contributed by atoms with van der Waals surface area (Å²) in [7, 11) is 1.12. The Balaban J connectivity index is 2.96. The zero-order valence-corrected chi connectivity index (χ0v) is 18.6. The van der Waals surface area contributed by atoms with Gasteiger partial charge in [-0.25, -0.2) is 0 Å². The molecule has 0 heterocycles. The molecule has 0 aliphatic heterocycles. The predicted octanol–water partition coefficient (Wildman–Crippen LogP) is 5.28. The molecule has 0 atom stereocenters. The van der Waals surface area contributed by atoms with Crippen molar-refractivity contribution in [2.75, 3.05) is 6.61 Å². The molecule has 1 aromatic rings. The zero-order chi connectivity index (χ0) is 21.5. The number of nitrogens with two attached hydrogens (primary N) is 1. The van der Waals surface area contributed by atoms with E-state index < -0.39 is 0 Å². The highest BCUT2D eigenvalue weighted by atomic mass is 16.5. The fourth-order valence-electron chi connectivity index (χ4n) is 3.42. The Morgan fingerprint density at radius 1 is 1.21 bits per heavy atom. The molecule has 0 fully saturated rings. The summed E-state index contributed by atoms with van der Waals surface area (Å²) in [5, 5.41) is 0. The van der Waals surface area contributed by atoms with Crippen LogP contribution in [0.1, 0.15) is 63.1 Å². The highest BCUT2D eigenvalue weighted by Crippen LogP contribution is 2.27. The van der Waals surface area contributed by atoms with Crippen molar-refractivity contribution in [2.24, 2.45) is 5.73 Å². The van der Waals surface area contributed by atoms with Gasteiger partial charge < -0.3 is 15.3 Å². The van der Waals surface area contributed by atoms with Gasteiger partial charge in [-0.05, 0) is 73.0 Å². The molecule has 29 heavy (non-hydrogen) atoms. The van der Waals surface area contributed by atoms with Gasteiger partial charge in [0, 0.05) is 12.1 Å². The lowest BCUT2D eigenvalue weighted by molar-refractivity contribution is -0.107. The van der Waals surface area contributed by atoms with Crippen LogP contribution in [0.2, 0.25) is 6.32 Å². The number of ether oxygens (including phenoxy) is 1. The van der Waals surface area contributed by atoms with Crippen LogP contribution >= 0.6 is 0 Å². The summed E-state index contributed by atoms with van der Waals surface area (Å²) in [4.78, 5) is 10.5. The van der Waals surface area contributed by atoms with Gasteiger partial charge >= 0.3 is 0 Å². The molecule has 0 radical (unpaired) electrons. The second-order valence-electron chi connectivity index (χ2n) is 7.45. The molecule has 0 aromatic heterocycles. The van der Waals surface area contributed by atoms with E-state index >= 15 is 0 Å². The smallest absolute Gasteiger partial charge is 0.125 e. The van der Waals surface area contributed by atoms with E-state index in [1.165, 1.54) is 16.7 Å². The highest BCUT2D eigenvalue weighted by molar-refractivity contribution is 6.35. The van der Waals surface area contributed by atoms with Crippen molar-refractivity contribution in [3.05, 3.63) is 64.9 Å². The minimum Gasteiger partial charge on any atom is -0.489 e. The second kappa shape index (κ2) is 14.7. The Hall–Kier alpha value is -2.23. The minimum atomic E-state index is 0.494. The molecule has 2 N–H and O–H groups in total. The van der Waals surface area contributed by atoms with Gasteiger partial charge in [0.1, 0.15) is 25.9 Å². The molecule has 0 bridgehead atoms. The number of hydrogen-bond donors (Lipinski definition) is 1. The molecule has 0 aliphatic carbocycles. The van der Waals surface area contributed by atoms with E-state index in [0.29, 0.717) is 18.7 Å². The fraction of sp³-hybridized carbons (Fsp3) is 0.480. The van der Waals surface area contributed by atoms with Crippen molar-refractivity contribution in [3.63, 3.8) is 0 Å². The maximum Gasteiger partial charge on any atom is 0.125 e. The second-order valence-corrected chi connectivity index (χ2v) is 7.45. The molecular formula is C25H38BNO2. The first-order chi connectivity index (χ1) is 14.1. The maximum absolute atomic E-state index is 10.5. The van der Waals surface area contributed by atoms with Crippen LogP contribution in [0.3, 0.4) is 0 Å². The van der Waals surface area contributed by atoms with Crippen LogP contribution in [-0.2, 0) is 24.0 Å². The topological polar surface area (TPSA) is 52.3 Å². The molecule has 0 spiro atoms. The monoisotopic (exact) mass is 395 g/mol. The number of allylic oxidation sites excluding steroid dienone is 2. The third-order valence-electron chi connectivity index (χ3n) is 5.15. The van der Waals surface area contributed by atoms with E-state index in [9.17, 15) is 4.79 Å². The third kappa shape index (κ3) is 9.21. The molecule has 1 rings (SSSR count). The van der Waals surface area contributed by atoms with Crippen molar-refractivity contribution >= 4 is 13.6 Å². The van der Waals surface area contributed by atoms with Crippen LogP contribution in [0.15, 0.2) is 48.2 Å². The summed E-state index contributed by atoms with van der Waals surface area (Å²) in [5.41, 5.74) is 11.7. The summed E-state index contributed by atoms with van der Waals surface area (Å²) in [6.45, 7) is 10.6. The van der Waals surface area contributed by atoms with E-state index in [-0.39, 0.29) is 0 Å². The van der Waals surface area contributed by atoms with E-state index in [2.05, 4.69) is 32.6 Å². The standard InChI is InChI=1S/C25H38BNO2/c1-5-12-22-17-25(29-19-20(6-2)15-24(27)8-4)23(16-21(22)7-3)18-26-13-10-9-11-14-28/h6,8,14-17,26H,4-5,7,9-13,18-19,27H2,1-3H3/b20-6+,24-15+. The Bertz CT molecular complexity index is 707. The van der Waals surface area contributed by atoms with E-state index in [1.807, 2.05) is 19.1 Å². The third-order valence-corrected chi connectivity index (χ3v) is 5.15. The molecule has 0 unspecified atom stereocenters. The largest absolute Gasteiger partial charge is 0.489 e. The first kappa shape index (κ1) is 24.8. The van der Waals surface area contributed by atoms with Crippen LogP contribution in [0.4, 0.5) is 0 Å². The number of carbonyl (C=O) groups excluding carboxylic acids is 1. The predicted molar refractivity (Wildman–Crippen MR) is 127 cm³/mol. The van der Waals surface area contributed by atoms with Crippen molar-refractivity contribution in [1.29, 1.82) is 0 Å². The number of aldehydes is 1. The molecule has 0 aliphatic rings. The molecule has 3 nitrogen and oxygen atoms in total. The van der Waals surface area contributed by atoms with Crippen LogP contribution < -0.4 is 10.5 Å². The van der Waals surface area contributed by atoms with Gasteiger partial charge in [-0.2, -0.15) is 0 Å². The van der Waals surface area contributed by atoms with Gasteiger partial charge in [-0.1, -0.05) is 51.7 Å². The lowest BCUT2D eigenvalue weighted by atomic mass is 9.67. The van der Waals surface area contributed by atoms with Crippen LogP contribution in [0, 0.1) is 0 Å². The molecule has 0 amide bonds. The SMILES string of the molecule is C=C/C(N)=C\C(=C/C)COc1cc(CCC)c(CC)cc1CBCCCCC=O. The summed E-state index contributed by atoms with van der Waals surface area (Å²) in [6.07, 6.45) is 14.8. The van der Waals surface area contributed by atoms with Gasteiger partial charge in [0.15, 0.2) is 0 Å². The highest BCUT2D eigenvalue weighted by Gasteiger charge is 2.11. The van der Waals surface area contributed by atoms with Crippen LogP contribution in [-0.4, -0.2) is 20.2 Å². The summed E-state index contributed by atoms with van der Waals surface area (Å²) in [6, 6.07) is 4.59. The van der Waals surface area contributed by atoms with Crippen LogP contribution in [0.25, 0.3) is 0 Å². The minimum absolute atomic E-state index is 0.494. The van der Waals surface area contributed by atoms with Crippen molar-refractivity contribution in [3.8, 4) is 5.75 Å². The molecular weight excluding hydrogens is 357 g/mol. The van der Waals surface area contributed by atoms with Gasteiger partial charge in [0.05, 0.1) is 0 Å². The number of hydrogen-bond acceptors (Lipinski definition) is 3. The van der Waals surface area contributed by atoms with Crippen LogP contribution in [0.5, 0.6) is 5.75 Å². The summed E-state index contributed by atoms with van der Waals surface area (Å²) in [5.74, 6) is 0.989. The molecule has 1 aromatic carbocycles. The fourth-order valence-corrected chi connectivity index (χ4v) is 3.42. The summed E-state index contributed by atoms with van der Waals surface area (Å²) >= 11 is 0. The number of unbranched alkanes of at least 4 members (excludes halogenated alkanes) is 2. The van der Waals surface area contributed by atoms with Gasteiger partial charge in [0.25, 0.3) is 0 Å². The zero-order valence-electron chi connectivity index (χ0n) is 18.6. The Morgan fingerprint density at radius 3 is 2.62 bits per heavy atom. The quantitative estimate of drug-likeness (QED) is 0.190. The van der Waals surface area contributed by atoms with E-state index in [0.717, 1.165) is 69.6 Å². The van der Waals surface area contributed by atoms with Gasteiger partial charge in [-0.3, -0.25) is 0 Å². The average Bonchev–Trinajstić information content (AvgIpc) is 2.74. The Morgan fingerprint density at radius 2 is 2.00 bits per heavy atom. The Kier molecular flexibility index (Phi) is 12.6. The van der Waals surface area contributed by atoms with Gasteiger partial charge in [-0.15, -0.1) is 0 Å². The first-order valence-electron chi connectivity index (χ1n) is 11.0. The van der Waals surface area contributed by atoms with Gasteiger partial charge in [0.2, 0.25) is 0 Å². The molecule has 158 valence electrons. The molecule has 0 saturated carbocycles. The number of benzene rings is 1. The average molecular weight is 395 g/mol. The molecule has 4 heteroatoms. The van der Waals surface area contributed by atoms with E-state index in [4.69, 9.17) is 10.5 Å². The summed E-state index contributed by atoms with van der Waals surface area (Å²) < 4.78 is 6.27. The number of rotatable bonds is 15. The first-order valence-corrected chi connectivity index (χ1v) is 11.0. The molecule has 0 saturated heterocycles. The Labute approximate surface area is 178 Å². The lowest BCUT2D eigenvalue weighted by Crippen LogP contribution is -2.08. The number of aryl methyl sites for hydroxylation is 2. The van der Waals surface area contributed by atoms with Crippen molar-refractivity contribution in [1.82, 2.24) is 0 Å².